The molecule has 0 heterocycles. The molecular weight excluding hydrogens is 136 g/mol. The van der Waals surface area contributed by atoms with Gasteiger partial charge in [0.25, 0.3) is 0 Å². The Morgan fingerprint density at radius 1 is 1.45 bits per heavy atom. The van der Waals surface area contributed by atoms with Crippen LogP contribution in [0.2, 0.25) is 0 Å². The minimum atomic E-state index is 0.755. The summed E-state index contributed by atoms with van der Waals surface area (Å²) in [6.45, 7) is 14.5. The molecule has 0 unspecified atom stereocenters. The highest BCUT2D eigenvalue weighted by molar-refractivity contribution is 5.09. The van der Waals surface area contributed by atoms with E-state index in [1.165, 1.54) is 0 Å². The van der Waals surface area contributed by atoms with Gasteiger partial charge in [-0.25, -0.2) is 0 Å². The predicted molar refractivity (Wildman–Crippen MR) is 51.5 cm³/mol. The van der Waals surface area contributed by atoms with Gasteiger partial charge in [0.05, 0.1) is 12.9 Å². The van der Waals surface area contributed by atoms with Gasteiger partial charge in [-0.05, 0) is 13.3 Å². The van der Waals surface area contributed by atoms with E-state index in [-0.39, 0.29) is 0 Å². The van der Waals surface area contributed by atoms with Gasteiger partial charge in [0.2, 0.25) is 0 Å². The van der Waals surface area contributed by atoms with Crippen LogP contribution in [0.3, 0.4) is 0 Å². The minimum absolute atomic E-state index is 0.755. The Balaban J connectivity index is 0. The summed E-state index contributed by atoms with van der Waals surface area (Å²) in [6.07, 6.45) is 2.80. The lowest BCUT2D eigenvalue weighted by Gasteiger charge is -1.88. The van der Waals surface area contributed by atoms with E-state index in [1.54, 1.807) is 20.1 Å². The number of hydrogen-bond donors (Lipinski definition) is 0. The summed E-state index contributed by atoms with van der Waals surface area (Å²) in [5, 5.41) is 0. The maximum Gasteiger partial charge on any atom is 0.0853 e. The highest BCUT2D eigenvalue weighted by atomic mass is 16.5. The molecule has 0 aromatic heterocycles. The zero-order chi connectivity index (χ0) is 9.28. The highest BCUT2D eigenvalue weighted by Gasteiger charge is 1.72. The van der Waals surface area contributed by atoms with E-state index >= 15 is 0 Å². The van der Waals surface area contributed by atoms with Crippen LogP contribution in [0.25, 0.3) is 0 Å². The topological polar surface area (TPSA) is 9.23 Å². The molecule has 0 saturated heterocycles. The van der Waals surface area contributed by atoms with Gasteiger partial charge in [-0.2, -0.15) is 0 Å². The Hall–Kier alpha value is -0.980. The first-order chi connectivity index (χ1) is 5.08. The third kappa shape index (κ3) is 17.6. The number of rotatable bonds is 3. The fraction of sp³-hybridized carbons (Fsp3) is 0.400. The van der Waals surface area contributed by atoms with E-state index in [9.17, 15) is 0 Å². The Morgan fingerprint density at radius 2 is 1.82 bits per heavy atom. The molecule has 0 aliphatic heterocycles. The van der Waals surface area contributed by atoms with E-state index in [1.807, 2.05) is 0 Å². The first-order valence-corrected chi connectivity index (χ1v) is 3.58. The van der Waals surface area contributed by atoms with Crippen LogP contribution in [0, 0.1) is 0 Å². The summed E-state index contributed by atoms with van der Waals surface area (Å²) in [4.78, 5) is 0. The molecule has 0 aromatic carbocycles. The van der Waals surface area contributed by atoms with E-state index < -0.39 is 0 Å². The molecule has 0 spiro atoms. The van der Waals surface area contributed by atoms with Crippen LogP contribution in [-0.2, 0) is 4.74 Å². The minimum Gasteiger partial charge on any atom is -0.502 e. The molecule has 0 aliphatic carbocycles. The molecule has 0 radical (unpaired) electrons. The molecule has 0 bridgehead atoms. The number of allylic oxidation sites excluding steroid dienone is 3. The molecule has 1 heteroatoms. The molecule has 0 aliphatic rings. The van der Waals surface area contributed by atoms with Crippen molar-refractivity contribution in [2.45, 2.75) is 20.3 Å². The van der Waals surface area contributed by atoms with Crippen molar-refractivity contribution in [1.82, 2.24) is 0 Å². The van der Waals surface area contributed by atoms with E-state index in [2.05, 4.69) is 31.4 Å². The van der Waals surface area contributed by atoms with Crippen molar-refractivity contribution in [2.75, 3.05) is 7.11 Å². The van der Waals surface area contributed by atoms with Crippen molar-refractivity contribution < 1.29 is 4.74 Å². The molecule has 1 nitrogen and oxygen atoms in total. The monoisotopic (exact) mass is 154 g/mol. The number of hydrogen-bond acceptors (Lipinski definition) is 1. The molecular formula is C10H18O. The SMILES string of the molecule is C=C(C)OC.C=CC(=C)CC. The first kappa shape index (κ1) is 12.7. The summed E-state index contributed by atoms with van der Waals surface area (Å²) in [5.74, 6) is 0.755. The molecule has 0 saturated carbocycles. The standard InChI is InChI=1S/C6H10.C4H8O/c1-4-6(3)5-2;1-4(2)5-3/h4H,1,3,5H2,2H3;1H2,2-3H3. The normalized spacial score (nSPS) is 7.18. The summed E-state index contributed by atoms with van der Waals surface area (Å²) in [7, 11) is 1.60. The van der Waals surface area contributed by atoms with Gasteiger partial charge >= 0.3 is 0 Å². The molecule has 0 aromatic rings. The zero-order valence-electron chi connectivity index (χ0n) is 7.81. The quantitative estimate of drug-likeness (QED) is 0.447. The smallest absolute Gasteiger partial charge is 0.0853 e. The van der Waals surface area contributed by atoms with Gasteiger partial charge in [0.15, 0.2) is 0 Å². The fourth-order valence-electron chi connectivity index (χ4n) is 0.144. The summed E-state index contributed by atoms with van der Waals surface area (Å²) in [5.41, 5.74) is 1.11. The lowest BCUT2D eigenvalue weighted by atomic mass is 10.2. The Kier molecular flexibility index (Phi) is 10.4. The fourth-order valence-corrected chi connectivity index (χ4v) is 0.144. The Labute approximate surface area is 70.1 Å². The van der Waals surface area contributed by atoms with Crippen LogP contribution in [0.4, 0.5) is 0 Å². The van der Waals surface area contributed by atoms with Crippen molar-refractivity contribution in [3.8, 4) is 0 Å². The second kappa shape index (κ2) is 9.02. The molecule has 0 atom stereocenters. The van der Waals surface area contributed by atoms with E-state index in [0.29, 0.717) is 0 Å². The van der Waals surface area contributed by atoms with Gasteiger partial charge in [-0.15, -0.1) is 0 Å². The molecule has 0 N–H and O–H groups in total. The average molecular weight is 154 g/mol. The lowest BCUT2D eigenvalue weighted by Crippen LogP contribution is -1.70. The van der Waals surface area contributed by atoms with Gasteiger partial charge in [0.1, 0.15) is 0 Å². The van der Waals surface area contributed by atoms with Gasteiger partial charge in [-0.3, -0.25) is 0 Å². The van der Waals surface area contributed by atoms with Gasteiger partial charge in [0, 0.05) is 0 Å². The van der Waals surface area contributed by atoms with Crippen LogP contribution < -0.4 is 0 Å². The van der Waals surface area contributed by atoms with Gasteiger partial charge < -0.3 is 4.74 Å². The maximum atomic E-state index is 4.56. The van der Waals surface area contributed by atoms with Crippen LogP contribution in [0.5, 0.6) is 0 Å². The highest BCUT2D eigenvalue weighted by Crippen LogP contribution is 1.93. The Morgan fingerprint density at radius 3 is 1.82 bits per heavy atom. The van der Waals surface area contributed by atoms with Crippen LogP contribution >= 0.6 is 0 Å². The van der Waals surface area contributed by atoms with Crippen molar-refractivity contribution in [3.05, 3.63) is 37.1 Å². The molecule has 0 fully saturated rings. The van der Waals surface area contributed by atoms with Crippen molar-refractivity contribution in [3.63, 3.8) is 0 Å². The molecule has 0 rings (SSSR count). The molecule has 0 amide bonds. The van der Waals surface area contributed by atoms with Crippen molar-refractivity contribution in [2.24, 2.45) is 0 Å². The number of methoxy groups -OCH3 is 1. The van der Waals surface area contributed by atoms with E-state index in [4.69, 9.17) is 0 Å². The third-order valence-corrected chi connectivity index (χ3v) is 1.09. The average Bonchev–Trinajstić information content (AvgIpc) is 2.04. The third-order valence-electron chi connectivity index (χ3n) is 1.09. The summed E-state index contributed by atoms with van der Waals surface area (Å²) in [6, 6.07) is 0. The largest absolute Gasteiger partial charge is 0.502 e. The van der Waals surface area contributed by atoms with Crippen LogP contribution in [-0.4, -0.2) is 7.11 Å². The van der Waals surface area contributed by atoms with Crippen molar-refractivity contribution in [1.29, 1.82) is 0 Å². The van der Waals surface area contributed by atoms with Crippen molar-refractivity contribution >= 4 is 0 Å². The number of ether oxygens (including phenoxy) is 1. The molecule has 11 heavy (non-hydrogen) atoms. The molecule has 64 valence electrons. The van der Waals surface area contributed by atoms with Crippen LogP contribution in [0.1, 0.15) is 20.3 Å². The summed E-state index contributed by atoms with van der Waals surface area (Å²) < 4.78 is 4.56. The Bertz CT molecular complexity index is 134. The second-order valence-corrected chi connectivity index (χ2v) is 2.12. The zero-order valence-corrected chi connectivity index (χ0v) is 7.81. The second-order valence-electron chi connectivity index (χ2n) is 2.12. The van der Waals surface area contributed by atoms with Crippen LogP contribution in [0.15, 0.2) is 37.1 Å². The maximum absolute atomic E-state index is 4.56. The van der Waals surface area contributed by atoms with Gasteiger partial charge in [-0.1, -0.05) is 38.3 Å². The lowest BCUT2D eigenvalue weighted by molar-refractivity contribution is 0.295. The first-order valence-electron chi connectivity index (χ1n) is 3.58. The van der Waals surface area contributed by atoms with E-state index in [0.717, 1.165) is 17.8 Å². The predicted octanol–water partition coefficient (Wildman–Crippen LogP) is 3.31. The summed E-state index contributed by atoms with van der Waals surface area (Å²) >= 11 is 0.